The molecule has 2 aromatic rings. The molecule has 0 aromatic heterocycles. The number of fused-ring (bicyclic) bond motifs is 2. The zero-order valence-corrected chi connectivity index (χ0v) is 28.0. The molecule has 3 saturated heterocycles. The highest BCUT2D eigenvalue weighted by molar-refractivity contribution is 9.10. The molecule has 2 aromatic carbocycles. The van der Waals surface area contributed by atoms with Gasteiger partial charge in [-0.15, -0.1) is 0 Å². The van der Waals surface area contributed by atoms with Crippen molar-refractivity contribution < 1.29 is 29.0 Å². The van der Waals surface area contributed by atoms with E-state index < -0.39 is 20.0 Å². The zero-order valence-electron chi connectivity index (χ0n) is 25.5. The van der Waals surface area contributed by atoms with E-state index in [4.69, 9.17) is 4.74 Å². The fourth-order valence-corrected chi connectivity index (χ4v) is 10.8. The Morgan fingerprint density at radius 2 is 1.91 bits per heavy atom. The molecule has 44 heavy (non-hydrogen) atoms. The number of carbonyl (C=O) groups excluding carboxylic acids is 3. The number of hydrogen-bond acceptors (Lipinski definition) is 7. The number of benzene rings is 2. The highest BCUT2D eigenvalue weighted by atomic mass is 79.9. The van der Waals surface area contributed by atoms with E-state index in [0.717, 1.165) is 46.4 Å². The molecule has 3 N–H and O–H groups in total. The Bertz CT molecular complexity index is 1450. The highest BCUT2D eigenvalue weighted by Crippen LogP contribution is 2.60. The van der Waals surface area contributed by atoms with E-state index in [1.54, 1.807) is 14.7 Å². The van der Waals surface area contributed by atoms with E-state index in [2.05, 4.69) is 21.2 Å². The largest absolute Gasteiger partial charge is 0.432 e. The van der Waals surface area contributed by atoms with Crippen molar-refractivity contribution in [3.05, 3.63) is 58.1 Å². The van der Waals surface area contributed by atoms with Gasteiger partial charge in [-0.05, 0) is 61.8 Å². The molecule has 6 rings (SSSR count). The lowest BCUT2D eigenvalue weighted by Crippen LogP contribution is -2.48. The molecule has 0 unspecified atom stereocenters. The lowest BCUT2D eigenvalue weighted by Gasteiger charge is -2.33. The third kappa shape index (κ3) is 5.33. The number of halogens is 1. The van der Waals surface area contributed by atoms with Gasteiger partial charge in [-0.25, -0.2) is 0 Å². The molecular formula is C32H41BrN4O6Si. The van der Waals surface area contributed by atoms with Crippen LogP contribution >= 0.6 is 15.9 Å². The van der Waals surface area contributed by atoms with Crippen LogP contribution in [0.3, 0.4) is 0 Å². The molecule has 1 spiro atoms. The van der Waals surface area contributed by atoms with Crippen molar-refractivity contribution in [2.24, 2.45) is 5.92 Å². The Labute approximate surface area is 267 Å². The number of hydrogen-bond donors (Lipinski definition) is 3. The molecule has 12 heteroatoms. The molecule has 0 bridgehead atoms. The maximum absolute atomic E-state index is 14.7. The van der Waals surface area contributed by atoms with Crippen molar-refractivity contribution in [2.75, 3.05) is 42.6 Å². The van der Waals surface area contributed by atoms with Crippen molar-refractivity contribution in [1.29, 1.82) is 0 Å². The Morgan fingerprint density at radius 1 is 1.16 bits per heavy atom. The molecule has 0 saturated carbocycles. The first-order valence-electron chi connectivity index (χ1n) is 15.5. The molecular weight excluding hydrogens is 644 g/mol. The first-order valence-corrected chi connectivity index (χ1v) is 19.3. The molecule has 10 nitrogen and oxygen atoms in total. The van der Waals surface area contributed by atoms with E-state index in [-0.39, 0.29) is 48.3 Å². The Hall–Kier alpha value is -2.61. The van der Waals surface area contributed by atoms with Crippen LogP contribution in [0.4, 0.5) is 11.4 Å². The number of likely N-dealkylation sites (tertiary alicyclic amines) is 1. The second-order valence-corrected chi connectivity index (χ2v) is 18.0. The lowest BCUT2D eigenvalue weighted by molar-refractivity contribution is -0.150. The van der Waals surface area contributed by atoms with Crippen molar-refractivity contribution in [3.63, 3.8) is 0 Å². The summed E-state index contributed by atoms with van der Waals surface area (Å²) in [7, 11) is -2.93. The van der Waals surface area contributed by atoms with Gasteiger partial charge in [0.05, 0.1) is 44.0 Å². The predicted molar refractivity (Wildman–Crippen MR) is 173 cm³/mol. The zero-order chi connectivity index (χ0) is 31.4. The Kier molecular flexibility index (Phi) is 8.53. The van der Waals surface area contributed by atoms with Crippen LogP contribution in [0.15, 0.2) is 46.9 Å². The summed E-state index contributed by atoms with van der Waals surface area (Å²) in [5.74, 6) is -0.668. The standard InChI is InChI=1S/C32H41BrN4O6Si/c1-20-30(44(2,3)42)27(16-28(39)35-13-4-5-24(35)19-38)43-32(20)25-15-22(33)8-11-26(25)37(31(32)41)18-21-6-9-23(10-7-21)36-14-12-34-17-29(36)40/h6-11,15,20,24,27,30,34,38,42H,4-5,12-14,16-19H2,1-3H3/t20-,24-,27+,30-,32+/m0/s1. The third-order valence-corrected chi connectivity index (χ3v) is 12.9. The first-order chi connectivity index (χ1) is 21.0. The van der Waals surface area contributed by atoms with Gasteiger partial charge in [-0.3, -0.25) is 14.4 Å². The number of aliphatic hydroxyl groups excluding tert-OH is 1. The number of piperazine rings is 1. The summed E-state index contributed by atoms with van der Waals surface area (Å²) in [6.07, 6.45) is 1.01. The van der Waals surface area contributed by atoms with E-state index in [0.29, 0.717) is 26.2 Å². The van der Waals surface area contributed by atoms with E-state index in [9.17, 15) is 24.3 Å². The minimum absolute atomic E-state index is 0.0297. The maximum atomic E-state index is 14.7. The van der Waals surface area contributed by atoms with Crippen molar-refractivity contribution in [1.82, 2.24) is 10.2 Å². The molecule has 4 aliphatic rings. The van der Waals surface area contributed by atoms with Crippen LogP contribution in [0, 0.1) is 5.92 Å². The molecule has 5 atom stereocenters. The van der Waals surface area contributed by atoms with Crippen LogP contribution < -0.4 is 15.1 Å². The number of nitrogens with zero attached hydrogens (tertiary/aromatic N) is 3. The summed E-state index contributed by atoms with van der Waals surface area (Å²) in [6.45, 7) is 8.15. The van der Waals surface area contributed by atoms with Crippen LogP contribution in [-0.4, -0.2) is 85.8 Å². The molecule has 3 fully saturated rings. The monoisotopic (exact) mass is 684 g/mol. The quantitative estimate of drug-likeness (QED) is 0.383. The summed E-state index contributed by atoms with van der Waals surface area (Å²) in [4.78, 5) is 57.4. The fourth-order valence-electron chi connectivity index (χ4n) is 7.89. The van der Waals surface area contributed by atoms with Crippen LogP contribution in [0.2, 0.25) is 18.6 Å². The number of aliphatic hydroxyl groups is 1. The molecule has 0 aliphatic carbocycles. The number of rotatable bonds is 7. The Balaban J connectivity index is 1.31. The average Bonchev–Trinajstić information content (AvgIpc) is 3.64. The number of nitrogens with one attached hydrogen (secondary N) is 1. The summed E-state index contributed by atoms with van der Waals surface area (Å²) in [5.41, 5.74) is 1.50. The number of amides is 3. The topological polar surface area (TPSA) is 123 Å². The minimum atomic E-state index is -2.93. The normalized spacial score (nSPS) is 28.8. The van der Waals surface area contributed by atoms with Gasteiger partial charge in [-0.2, -0.15) is 0 Å². The number of carbonyl (C=O) groups is 3. The van der Waals surface area contributed by atoms with E-state index in [1.165, 1.54) is 0 Å². The van der Waals surface area contributed by atoms with Gasteiger partial charge in [-0.1, -0.05) is 35.0 Å². The van der Waals surface area contributed by atoms with Gasteiger partial charge in [0.25, 0.3) is 5.91 Å². The van der Waals surface area contributed by atoms with Gasteiger partial charge < -0.3 is 34.7 Å². The summed E-state index contributed by atoms with van der Waals surface area (Å²) in [6, 6.07) is 13.3. The fraction of sp³-hybridized carbons (Fsp3) is 0.531. The maximum Gasteiger partial charge on any atom is 0.264 e. The number of ether oxygens (including phenoxy) is 1. The van der Waals surface area contributed by atoms with Crippen LogP contribution in [0.1, 0.15) is 37.3 Å². The minimum Gasteiger partial charge on any atom is -0.432 e. The van der Waals surface area contributed by atoms with Gasteiger partial charge in [0, 0.05) is 46.8 Å². The summed E-state index contributed by atoms with van der Waals surface area (Å²) in [5, 5.41) is 12.9. The second-order valence-electron chi connectivity index (χ2n) is 13.1. The van der Waals surface area contributed by atoms with Gasteiger partial charge in [0.15, 0.2) is 13.9 Å². The summed E-state index contributed by atoms with van der Waals surface area (Å²) < 4.78 is 7.65. The average molecular weight is 686 g/mol. The van der Waals surface area contributed by atoms with Crippen LogP contribution in [0.5, 0.6) is 0 Å². The molecule has 4 aliphatic heterocycles. The third-order valence-electron chi connectivity index (χ3n) is 9.91. The first kappa shape index (κ1) is 31.4. The predicted octanol–water partition coefficient (Wildman–Crippen LogP) is 3.10. The lowest BCUT2D eigenvalue weighted by atomic mass is 9.82. The highest BCUT2D eigenvalue weighted by Gasteiger charge is 2.66. The summed E-state index contributed by atoms with van der Waals surface area (Å²) >= 11 is 3.59. The van der Waals surface area contributed by atoms with Crippen molar-refractivity contribution >= 4 is 53.3 Å². The SMILES string of the molecule is C[C@H]1[C@H]([Si](C)(C)O)[C@@H](CC(=O)N2CCC[C@H]2CO)O[C@]12C(=O)N(Cc1ccc(N3CCNCC3=O)cc1)c1ccc(Br)cc12. The Morgan fingerprint density at radius 3 is 2.59 bits per heavy atom. The van der Waals surface area contributed by atoms with Crippen LogP contribution in [-0.2, 0) is 31.3 Å². The molecule has 236 valence electrons. The van der Waals surface area contributed by atoms with Gasteiger partial charge >= 0.3 is 0 Å². The van der Waals surface area contributed by atoms with E-state index in [1.807, 2.05) is 62.5 Å². The smallest absolute Gasteiger partial charge is 0.264 e. The second kappa shape index (κ2) is 12.0. The van der Waals surface area contributed by atoms with Crippen molar-refractivity contribution in [2.45, 2.75) is 69.1 Å². The molecule has 3 amide bonds. The van der Waals surface area contributed by atoms with Gasteiger partial charge in [0.1, 0.15) is 0 Å². The van der Waals surface area contributed by atoms with E-state index >= 15 is 0 Å². The molecule has 4 heterocycles. The van der Waals surface area contributed by atoms with Crippen molar-refractivity contribution in [3.8, 4) is 0 Å². The molecule has 0 radical (unpaired) electrons. The number of anilines is 2. The van der Waals surface area contributed by atoms with Crippen LogP contribution in [0.25, 0.3) is 0 Å². The van der Waals surface area contributed by atoms with Gasteiger partial charge in [0.2, 0.25) is 11.8 Å².